The van der Waals surface area contributed by atoms with Crippen LogP contribution in [0, 0.1) is 6.92 Å². The minimum absolute atomic E-state index is 0.0927. The highest BCUT2D eigenvalue weighted by molar-refractivity contribution is 6.31. The Morgan fingerprint density at radius 3 is 2.65 bits per heavy atom. The van der Waals surface area contributed by atoms with Crippen molar-refractivity contribution in [3.63, 3.8) is 0 Å². The second kappa shape index (κ2) is 8.95. The van der Waals surface area contributed by atoms with Gasteiger partial charge in [-0.2, -0.15) is 0 Å². The van der Waals surface area contributed by atoms with Gasteiger partial charge in [0.2, 0.25) is 5.91 Å². The van der Waals surface area contributed by atoms with Gasteiger partial charge in [-0.25, -0.2) is 4.79 Å². The smallest absolute Gasteiger partial charge is 0.331 e. The number of hydrogen-bond acceptors (Lipinski definition) is 4. The van der Waals surface area contributed by atoms with Crippen molar-refractivity contribution in [2.75, 3.05) is 27.2 Å². The molecule has 1 aromatic carbocycles. The molecule has 2 amide bonds. The summed E-state index contributed by atoms with van der Waals surface area (Å²) < 4.78 is 4.83. The molecule has 0 saturated heterocycles. The lowest BCUT2D eigenvalue weighted by Gasteiger charge is -2.15. The van der Waals surface area contributed by atoms with Gasteiger partial charge in [0.1, 0.15) is 0 Å². The highest BCUT2D eigenvalue weighted by Gasteiger charge is 2.13. The van der Waals surface area contributed by atoms with Gasteiger partial charge in [-0.3, -0.25) is 9.59 Å². The van der Waals surface area contributed by atoms with Crippen molar-refractivity contribution in [2.24, 2.45) is 0 Å². The van der Waals surface area contributed by atoms with Crippen LogP contribution >= 0.6 is 11.6 Å². The van der Waals surface area contributed by atoms with E-state index in [2.05, 4.69) is 5.32 Å². The summed E-state index contributed by atoms with van der Waals surface area (Å²) in [5.74, 6) is -1.42. The van der Waals surface area contributed by atoms with Crippen LogP contribution in [0.25, 0.3) is 6.08 Å². The highest BCUT2D eigenvalue weighted by Crippen LogP contribution is 2.17. The van der Waals surface area contributed by atoms with Crippen LogP contribution in [-0.2, 0) is 19.1 Å². The minimum atomic E-state index is -0.650. The molecule has 7 heteroatoms. The van der Waals surface area contributed by atoms with Crippen molar-refractivity contribution in [2.45, 2.75) is 6.92 Å². The number of aryl methyl sites for hydroxylation is 1. The van der Waals surface area contributed by atoms with E-state index in [0.717, 1.165) is 11.1 Å². The average Bonchev–Trinajstić information content (AvgIpc) is 2.53. The largest absolute Gasteiger partial charge is 0.452 e. The Morgan fingerprint density at radius 1 is 1.35 bits per heavy atom. The first-order valence-electron chi connectivity index (χ1n) is 6.89. The molecule has 0 atom stereocenters. The van der Waals surface area contributed by atoms with Gasteiger partial charge in [-0.15, -0.1) is 0 Å². The second-order valence-electron chi connectivity index (χ2n) is 4.87. The number of nitrogens with zero attached hydrogens (tertiary/aromatic N) is 1. The molecule has 0 radical (unpaired) electrons. The Bertz CT molecular complexity index is 629. The van der Waals surface area contributed by atoms with Crippen LogP contribution in [0.4, 0.5) is 0 Å². The van der Waals surface area contributed by atoms with Crippen molar-refractivity contribution in [3.8, 4) is 0 Å². The molecule has 6 nitrogen and oxygen atoms in total. The van der Waals surface area contributed by atoms with E-state index in [9.17, 15) is 14.4 Å². The maximum Gasteiger partial charge on any atom is 0.331 e. The monoisotopic (exact) mass is 338 g/mol. The lowest BCUT2D eigenvalue weighted by molar-refractivity contribution is -0.148. The van der Waals surface area contributed by atoms with E-state index in [1.165, 1.54) is 25.1 Å². The fourth-order valence-electron chi connectivity index (χ4n) is 1.55. The van der Waals surface area contributed by atoms with E-state index < -0.39 is 18.5 Å². The van der Waals surface area contributed by atoms with Gasteiger partial charge in [-0.1, -0.05) is 23.7 Å². The number of benzene rings is 1. The lowest BCUT2D eigenvalue weighted by Crippen LogP contribution is -2.38. The molecule has 1 aromatic rings. The van der Waals surface area contributed by atoms with Crippen LogP contribution in [0.2, 0.25) is 5.02 Å². The van der Waals surface area contributed by atoms with Crippen LogP contribution < -0.4 is 5.32 Å². The van der Waals surface area contributed by atoms with Gasteiger partial charge in [0.05, 0.1) is 6.54 Å². The zero-order chi connectivity index (χ0) is 17.4. The Balaban J connectivity index is 2.47. The third kappa shape index (κ3) is 6.52. The number of hydrogen-bond donors (Lipinski definition) is 1. The molecule has 0 spiro atoms. The second-order valence-corrected chi connectivity index (χ2v) is 5.28. The SMILES string of the molecule is CNC(=O)CN(C)C(=O)COC(=O)/C=C/c1ccc(C)c(Cl)c1. The topological polar surface area (TPSA) is 75.7 Å². The minimum Gasteiger partial charge on any atom is -0.452 e. The number of halogens is 1. The summed E-state index contributed by atoms with van der Waals surface area (Å²) in [6, 6.07) is 5.38. The molecule has 0 fully saturated rings. The van der Waals surface area contributed by atoms with Crippen LogP contribution in [0.5, 0.6) is 0 Å². The Hall–Kier alpha value is -2.34. The van der Waals surface area contributed by atoms with E-state index in [1.54, 1.807) is 12.1 Å². The normalized spacial score (nSPS) is 10.4. The summed E-state index contributed by atoms with van der Waals surface area (Å²) >= 11 is 5.99. The predicted octanol–water partition coefficient (Wildman–Crippen LogP) is 1.41. The fraction of sp³-hybridized carbons (Fsp3) is 0.312. The number of ether oxygens (including phenoxy) is 1. The van der Waals surface area contributed by atoms with E-state index >= 15 is 0 Å². The Kier molecular flexibility index (Phi) is 7.28. The number of carbonyl (C=O) groups excluding carboxylic acids is 3. The number of rotatable bonds is 6. The van der Waals surface area contributed by atoms with E-state index in [-0.39, 0.29) is 12.5 Å². The summed E-state index contributed by atoms with van der Waals surface area (Å²) in [5.41, 5.74) is 1.69. The number of likely N-dealkylation sites (N-methyl/N-ethyl adjacent to an activating group) is 2. The zero-order valence-corrected chi connectivity index (χ0v) is 14.0. The third-order valence-corrected chi connectivity index (χ3v) is 3.44. The summed E-state index contributed by atoms with van der Waals surface area (Å²) in [4.78, 5) is 35.6. The molecule has 0 saturated carbocycles. The van der Waals surface area contributed by atoms with Crippen molar-refractivity contribution in [1.29, 1.82) is 0 Å². The Labute approximate surface area is 140 Å². The quantitative estimate of drug-likeness (QED) is 0.628. The van der Waals surface area contributed by atoms with E-state index in [0.29, 0.717) is 5.02 Å². The van der Waals surface area contributed by atoms with Crippen LogP contribution in [-0.4, -0.2) is 49.9 Å². The van der Waals surface area contributed by atoms with Gasteiger partial charge in [0, 0.05) is 25.2 Å². The summed E-state index contributed by atoms with van der Waals surface area (Å²) in [7, 11) is 2.93. The van der Waals surface area contributed by atoms with E-state index in [1.807, 2.05) is 19.1 Å². The predicted molar refractivity (Wildman–Crippen MR) is 87.9 cm³/mol. The van der Waals surface area contributed by atoms with Crippen molar-refractivity contribution in [3.05, 3.63) is 40.4 Å². The van der Waals surface area contributed by atoms with E-state index in [4.69, 9.17) is 16.3 Å². The van der Waals surface area contributed by atoms with Crippen molar-refractivity contribution in [1.82, 2.24) is 10.2 Å². The van der Waals surface area contributed by atoms with Gasteiger partial charge >= 0.3 is 5.97 Å². The molecule has 0 aromatic heterocycles. The maximum atomic E-state index is 11.7. The molecular weight excluding hydrogens is 320 g/mol. The first-order chi connectivity index (χ1) is 10.8. The number of carbonyl (C=O) groups is 3. The first-order valence-corrected chi connectivity index (χ1v) is 7.26. The molecule has 124 valence electrons. The summed E-state index contributed by atoms with van der Waals surface area (Å²) in [6.45, 7) is 1.36. The molecule has 0 aliphatic heterocycles. The third-order valence-electron chi connectivity index (χ3n) is 3.03. The van der Waals surface area contributed by atoms with Crippen LogP contribution in [0.1, 0.15) is 11.1 Å². The van der Waals surface area contributed by atoms with Crippen molar-refractivity contribution >= 4 is 35.5 Å². The maximum absolute atomic E-state index is 11.7. The molecule has 0 heterocycles. The van der Waals surface area contributed by atoms with Crippen LogP contribution in [0.15, 0.2) is 24.3 Å². The summed E-state index contributed by atoms with van der Waals surface area (Å²) in [5, 5.41) is 3.00. The fourth-order valence-corrected chi connectivity index (χ4v) is 1.74. The Morgan fingerprint density at radius 2 is 2.04 bits per heavy atom. The number of esters is 1. The molecule has 23 heavy (non-hydrogen) atoms. The molecular formula is C16H19ClN2O4. The molecule has 0 bridgehead atoms. The molecule has 1 N–H and O–H groups in total. The number of nitrogens with one attached hydrogen (secondary N) is 1. The summed E-state index contributed by atoms with van der Waals surface area (Å²) in [6.07, 6.45) is 2.76. The van der Waals surface area contributed by atoms with Crippen LogP contribution in [0.3, 0.4) is 0 Å². The lowest BCUT2D eigenvalue weighted by atomic mass is 10.1. The highest BCUT2D eigenvalue weighted by atomic mass is 35.5. The molecule has 0 aliphatic rings. The molecule has 0 unspecified atom stereocenters. The standard InChI is InChI=1S/C16H19ClN2O4/c1-11-4-5-12(8-13(11)17)6-7-16(22)23-10-15(21)19(3)9-14(20)18-2/h4-8H,9-10H2,1-3H3,(H,18,20)/b7-6+. The number of amides is 2. The van der Waals surface area contributed by atoms with Gasteiger partial charge in [0.25, 0.3) is 5.91 Å². The zero-order valence-electron chi connectivity index (χ0n) is 13.3. The average molecular weight is 339 g/mol. The first kappa shape index (κ1) is 18.7. The van der Waals surface area contributed by atoms with Gasteiger partial charge in [0.15, 0.2) is 6.61 Å². The van der Waals surface area contributed by atoms with Gasteiger partial charge in [-0.05, 0) is 30.2 Å². The molecule has 0 aliphatic carbocycles. The molecule has 1 rings (SSSR count). The van der Waals surface area contributed by atoms with Gasteiger partial charge < -0.3 is 15.0 Å². The van der Waals surface area contributed by atoms with Crippen molar-refractivity contribution < 1.29 is 19.1 Å².